The van der Waals surface area contributed by atoms with Gasteiger partial charge in [-0.3, -0.25) is 19.2 Å². The summed E-state index contributed by atoms with van der Waals surface area (Å²) in [6.45, 7) is 1.24. The molecule has 1 heterocycles. The van der Waals surface area contributed by atoms with E-state index in [1.807, 2.05) is 19.1 Å². The van der Waals surface area contributed by atoms with Gasteiger partial charge in [-0.1, -0.05) is 60.5 Å². The quantitative estimate of drug-likeness (QED) is 0.116. The number of carbonyl (C=O) groups excluding carboxylic acids is 5. The minimum Gasteiger partial charge on any atom is -0.423 e. The zero-order valence-electron chi connectivity index (χ0n) is 21.8. The molecule has 3 aromatic carbocycles. The van der Waals surface area contributed by atoms with E-state index < -0.39 is 47.9 Å². The zero-order valence-corrected chi connectivity index (χ0v) is 23.3. The number of halogens is 2. The van der Waals surface area contributed by atoms with Gasteiger partial charge in [0.25, 0.3) is 17.7 Å². The first-order valence-corrected chi connectivity index (χ1v) is 13.6. The van der Waals surface area contributed by atoms with Gasteiger partial charge in [-0.2, -0.15) is 5.01 Å². The van der Waals surface area contributed by atoms with E-state index in [0.29, 0.717) is 12.0 Å². The number of benzene rings is 3. The number of Topliss-reactive ketones (excluding diaryl/α,β-unsaturated/α-hetero) is 1. The molecule has 5 rings (SSSR count). The predicted molar refractivity (Wildman–Crippen MR) is 151 cm³/mol. The van der Waals surface area contributed by atoms with Crippen molar-refractivity contribution in [2.24, 2.45) is 17.8 Å². The van der Waals surface area contributed by atoms with Crippen LogP contribution in [0.15, 0.2) is 84.9 Å². The molecule has 0 saturated carbocycles. The number of esters is 1. The topological polar surface area (TPSA) is 101 Å². The van der Waals surface area contributed by atoms with Gasteiger partial charge in [0.05, 0.1) is 27.4 Å². The van der Waals surface area contributed by atoms with E-state index in [1.54, 1.807) is 30.3 Å². The number of nitrogens with zero attached hydrogens (tertiary/aromatic N) is 2. The Kier molecular flexibility index (Phi) is 8.06. The normalized spacial score (nSPS) is 19.6. The SMILES string of the molecule is C[C@@H]1C=CC[C@@H]2C(=O)N(N(CC(=O)c3ccc(OC(=O)c4ccccc4)cc3)C(=O)c3ccc(Cl)c(Cl)c3)C(=O)[C@@H]12. The van der Waals surface area contributed by atoms with Gasteiger partial charge in [-0.15, -0.1) is 0 Å². The van der Waals surface area contributed by atoms with Gasteiger partial charge in [-0.05, 0) is 66.9 Å². The second-order valence-corrected chi connectivity index (χ2v) is 10.7. The van der Waals surface area contributed by atoms with Crippen LogP contribution in [0.25, 0.3) is 0 Å². The fourth-order valence-corrected chi connectivity index (χ4v) is 5.35. The zero-order chi connectivity index (χ0) is 29.3. The molecule has 0 bridgehead atoms. The number of imide groups is 1. The highest BCUT2D eigenvalue weighted by Gasteiger charge is 2.53. The molecule has 0 unspecified atom stereocenters. The lowest BCUT2D eigenvalue weighted by molar-refractivity contribution is -0.154. The van der Waals surface area contributed by atoms with Gasteiger partial charge < -0.3 is 4.74 Å². The van der Waals surface area contributed by atoms with Crippen molar-refractivity contribution >= 4 is 52.7 Å². The molecule has 10 heteroatoms. The predicted octanol–water partition coefficient (Wildman–Crippen LogP) is 5.65. The Bertz CT molecular complexity index is 1570. The molecule has 1 aliphatic carbocycles. The van der Waals surface area contributed by atoms with E-state index in [1.165, 1.54) is 42.5 Å². The average molecular weight is 591 g/mol. The number of fused-ring (bicyclic) bond motifs is 1. The minimum absolute atomic E-state index is 0.0528. The molecule has 0 N–H and O–H groups in total. The highest BCUT2D eigenvalue weighted by molar-refractivity contribution is 6.42. The van der Waals surface area contributed by atoms with Crippen molar-refractivity contribution in [2.45, 2.75) is 13.3 Å². The highest BCUT2D eigenvalue weighted by atomic mass is 35.5. The Hall–Kier alpha value is -4.27. The number of rotatable bonds is 7. The first-order chi connectivity index (χ1) is 19.7. The number of ketones is 1. The summed E-state index contributed by atoms with van der Waals surface area (Å²) < 4.78 is 5.37. The van der Waals surface area contributed by atoms with Crippen LogP contribution in [0.2, 0.25) is 10.0 Å². The molecule has 41 heavy (non-hydrogen) atoms. The van der Waals surface area contributed by atoms with Crippen molar-refractivity contribution in [3.05, 3.63) is 112 Å². The number of hydrazine groups is 1. The lowest BCUT2D eigenvalue weighted by Crippen LogP contribution is -2.52. The van der Waals surface area contributed by atoms with Crippen LogP contribution >= 0.6 is 23.2 Å². The smallest absolute Gasteiger partial charge is 0.343 e. The lowest BCUT2D eigenvalue weighted by atomic mass is 9.78. The lowest BCUT2D eigenvalue weighted by Gasteiger charge is -2.30. The molecular formula is C31H24Cl2N2O6. The van der Waals surface area contributed by atoms with Gasteiger partial charge in [0, 0.05) is 11.1 Å². The fraction of sp³-hybridized carbons (Fsp3) is 0.194. The molecule has 3 atom stereocenters. The van der Waals surface area contributed by atoms with Crippen molar-refractivity contribution in [3.8, 4) is 5.75 Å². The minimum atomic E-state index is -0.758. The standard InChI is InChI=1S/C31H24Cl2N2O6/c1-18-6-5-9-23-27(18)30(39)35(29(23)38)34(28(37)21-12-15-24(32)25(33)16-21)17-26(36)19-10-13-22(14-11-19)41-31(40)20-7-3-2-4-8-20/h2-8,10-16,18,23,27H,9,17H2,1H3/t18-,23+,27+/m1/s1. The van der Waals surface area contributed by atoms with E-state index in [9.17, 15) is 24.0 Å². The van der Waals surface area contributed by atoms with Crippen LogP contribution in [0, 0.1) is 17.8 Å². The van der Waals surface area contributed by atoms with Crippen molar-refractivity contribution in [1.29, 1.82) is 0 Å². The van der Waals surface area contributed by atoms with E-state index in [0.717, 1.165) is 10.0 Å². The Labute approximate surface area is 246 Å². The van der Waals surface area contributed by atoms with Gasteiger partial charge in [0.2, 0.25) is 0 Å². The van der Waals surface area contributed by atoms with Gasteiger partial charge in [0.1, 0.15) is 12.3 Å². The monoisotopic (exact) mass is 590 g/mol. The molecule has 2 aliphatic rings. The Morgan fingerprint density at radius 1 is 0.878 bits per heavy atom. The van der Waals surface area contributed by atoms with Crippen LogP contribution in [0.5, 0.6) is 5.75 Å². The summed E-state index contributed by atoms with van der Waals surface area (Å²) in [5, 5.41) is 2.01. The molecule has 3 aromatic rings. The van der Waals surface area contributed by atoms with Crippen LogP contribution in [-0.2, 0) is 9.59 Å². The maximum atomic E-state index is 13.7. The van der Waals surface area contributed by atoms with E-state index in [2.05, 4.69) is 0 Å². The van der Waals surface area contributed by atoms with Gasteiger partial charge >= 0.3 is 5.97 Å². The third kappa shape index (κ3) is 5.66. The van der Waals surface area contributed by atoms with Gasteiger partial charge in [-0.25, -0.2) is 9.80 Å². The molecule has 8 nitrogen and oxygen atoms in total. The molecule has 0 aromatic heterocycles. The number of carbonyl (C=O) groups is 5. The van der Waals surface area contributed by atoms with Crippen LogP contribution in [-0.4, -0.2) is 46.0 Å². The summed E-state index contributed by atoms with van der Waals surface area (Å²) in [6, 6.07) is 18.4. The summed E-state index contributed by atoms with van der Waals surface area (Å²) in [5.74, 6) is -4.19. The van der Waals surface area contributed by atoms with Crippen LogP contribution in [0.4, 0.5) is 0 Å². The maximum absolute atomic E-state index is 13.7. The summed E-state index contributed by atoms with van der Waals surface area (Å²) in [7, 11) is 0. The molecule has 1 aliphatic heterocycles. The summed E-state index contributed by atoms with van der Waals surface area (Å²) in [5.41, 5.74) is 0.606. The van der Waals surface area contributed by atoms with Crippen molar-refractivity contribution in [1.82, 2.24) is 10.0 Å². The van der Waals surface area contributed by atoms with Crippen LogP contribution < -0.4 is 4.74 Å². The Morgan fingerprint density at radius 2 is 1.56 bits per heavy atom. The Balaban J connectivity index is 1.40. The fourth-order valence-electron chi connectivity index (χ4n) is 5.06. The first kappa shape index (κ1) is 28.3. The highest BCUT2D eigenvalue weighted by Crippen LogP contribution is 2.39. The molecule has 1 saturated heterocycles. The second kappa shape index (κ2) is 11.7. The van der Waals surface area contributed by atoms with Crippen LogP contribution in [0.1, 0.15) is 44.4 Å². The second-order valence-electron chi connectivity index (χ2n) is 9.84. The average Bonchev–Trinajstić information content (AvgIpc) is 3.23. The number of hydrogen-bond acceptors (Lipinski definition) is 6. The number of ether oxygens (including phenoxy) is 1. The van der Waals surface area contributed by atoms with Crippen molar-refractivity contribution in [2.75, 3.05) is 6.54 Å². The number of allylic oxidation sites excluding steroid dienone is 2. The molecule has 0 spiro atoms. The Morgan fingerprint density at radius 3 is 2.22 bits per heavy atom. The van der Waals surface area contributed by atoms with Gasteiger partial charge in [0.15, 0.2) is 5.78 Å². The molecular weight excluding hydrogens is 567 g/mol. The molecule has 1 fully saturated rings. The molecule has 208 valence electrons. The number of amides is 3. The van der Waals surface area contributed by atoms with E-state index >= 15 is 0 Å². The first-order valence-electron chi connectivity index (χ1n) is 12.9. The summed E-state index contributed by atoms with van der Waals surface area (Å²) >= 11 is 12.1. The summed E-state index contributed by atoms with van der Waals surface area (Å²) in [6.07, 6.45) is 4.09. The van der Waals surface area contributed by atoms with Crippen LogP contribution in [0.3, 0.4) is 0 Å². The third-order valence-corrected chi connectivity index (χ3v) is 7.92. The van der Waals surface area contributed by atoms with Crippen molar-refractivity contribution < 1.29 is 28.7 Å². The third-order valence-electron chi connectivity index (χ3n) is 7.18. The molecule has 0 radical (unpaired) electrons. The number of hydrogen-bond donors (Lipinski definition) is 0. The largest absolute Gasteiger partial charge is 0.423 e. The van der Waals surface area contributed by atoms with E-state index in [-0.39, 0.29) is 32.8 Å². The maximum Gasteiger partial charge on any atom is 0.343 e. The van der Waals surface area contributed by atoms with Crippen molar-refractivity contribution in [3.63, 3.8) is 0 Å². The molecule has 3 amide bonds. The van der Waals surface area contributed by atoms with E-state index in [4.69, 9.17) is 27.9 Å². The summed E-state index contributed by atoms with van der Waals surface area (Å²) in [4.78, 5) is 66.4.